The Kier molecular flexibility index (Phi) is 8.38. The Morgan fingerprint density at radius 3 is 2.40 bits per heavy atom. The highest BCUT2D eigenvalue weighted by Gasteiger charge is 2.21. The lowest BCUT2D eigenvalue weighted by molar-refractivity contribution is 0.265. The van der Waals surface area contributed by atoms with Crippen molar-refractivity contribution in [2.75, 3.05) is 38.8 Å². The standard InChI is InChI=1S/C18H31N3O3S/c1-18(2,10-11-25(4,23)24)14-21-17(19-3)20-12-16(13-22)15-8-6-5-7-9-15/h5-9,16,22H,10-14H2,1-4H3,(H2,19,20,21). The van der Waals surface area contributed by atoms with Crippen molar-refractivity contribution in [3.05, 3.63) is 35.9 Å². The topological polar surface area (TPSA) is 90.8 Å². The Morgan fingerprint density at radius 1 is 1.24 bits per heavy atom. The van der Waals surface area contributed by atoms with E-state index in [1.165, 1.54) is 6.26 Å². The average molecular weight is 370 g/mol. The number of aliphatic hydroxyl groups excluding tert-OH is 1. The predicted molar refractivity (Wildman–Crippen MR) is 104 cm³/mol. The van der Waals surface area contributed by atoms with Crippen LogP contribution in [0.15, 0.2) is 35.3 Å². The first kappa shape index (κ1) is 21.4. The molecule has 3 N–H and O–H groups in total. The minimum atomic E-state index is -2.96. The van der Waals surface area contributed by atoms with E-state index in [2.05, 4.69) is 15.6 Å². The second-order valence-electron chi connectivity index (χ2n) is 7.14. The van der Waals surface area contributed by atoms with E-state index in [9.17, 15) is 13.5 Å². The van der Waals surface area contributed by atoms with Gasteiger partial charge in [-0.05, 0) is 17.4 Å². The van der Waals surface area contributed by atoms with Crippen LogP contribution in [0.4, 0.5) is 0 Å². The second kappa shape index (κ2) is 9.77. The summed E-state index contributed by atoms with van der Waals surface area (Å²) in [5.41, 5.74) is 0.901. The highest BCUT2D eigenvalue weighted by atomic mass is 32.2. The summed E-state index contributed by atoms with van der Waals surface area (Å²) in [4.78, 5) is 4.19. The van der Waals surface area contributed by atoms with Gasteiger partial charge in [-0.15, -0.1) is 0 Å². The number of guanidine groups is 1. The minimum absolute atomic E-state index is 0.0157. The molecule has 1 atom stereocenters. The van der Waals surface area contributed by atoms with Crippen LogP contribution in [0.5, 0.6) is 0 Å². The molecule has 0 saturated heterocycles. The molecule has 0 bridgehead atoms. The predicted octanol–water partition coefficient (Wildman–Crippen LogP) is 1.39. The number of sulfone groups is 1. The van der Waals surface area contributed by atoms with Crippen molar-refractivity contribution < 1.29 is 13.5 Å². The van der Waals surface area contributed by atoms with Crippen LogP contribution in [0, 0.1) is 5.41 Å². The highest BCUT2D eigenvalue weighted by molar-refractivity contribution is 7.90. The van der Waals surface area contributed by atoms with Crippen molar-refractivity contribution in [2.45, 2.75) is 26.2 Å². The maximum atomic E-state index is 11.3. The fourth-order valence-electron chi connectivity index (χ4n) is 2.33. The van der Waals surface area contributed by atoms with Gasteiger partial charge in [0.1, 0.15) is 9.84 Å². The van der Waals surface area contributed by atoms with Crippen LogP contribution in [0.1, 0.15) is 31.7 Å². The van der Waals surface area contributed by atoms with Crippen LogP contribution in [-0.2, 0) is 9.84 Å². The van der Waals surface area contributed by atoms with Crippen LogP contribution in [-0.4, -0.2) is 58.2 Å². The van der Waals surface area contributed by atoms with Crippen molar-refractivity contribution in [1.82, 2.24) is 10.6 Å². The second-order valence-corrected chi connectivity index (χ2v) is 9.40. The van der Waals surface area contributed by atoms with E-state index >= 15 is 0 Å². The van der Waals surface area contributed by atoms with Gasteiger partial charge in [-0.3, -0.25) is 4.99 Å². The molecule has 0 heterocycles. The molecule has 0 radical (unpaired) electrons. The van der Waals surface area contributed by atoms with E-state index in [4.69, 9.17) is 0 Å². The Balaban J connectivity index is 2.51. The molecule has 0 aromatic heterocycles. The molecule has 6 nitrogen and oxygen atoms in total. The van der Waals surface area contributed by atoms with E-state index in [1.54, 1.807) is 7.05 Å². The number of hydrogen-bond donors (Lipinski definition) is 3. The van der Waals surface area contributed by atoms with Crippen LogP contribution in [0.3, 0.4) is 0 Å². The van der Waals surface area contributed by atoms with Crippen molar-refractivity contribution >= 4 is 15.8 Å². The molecule has 1 rings (SSSR count). The quantitative estimate of drug-likeness (QED) is 0.452. The number of hydrogen-bond acceptors (Lipinski definition) is 4. The van der Waals surface area contributed by atoms with Gasteiger partial charge in [0.25, 0.3) is 0 Å². The molecule has 0 aliphatic carbocycles. The van der Waals surface area contributed by atoms with E-state index in [0.717, 1.165) is 5.56 Å². The lowest BCUT2D eigenvalue weighted by Gasteiger charge is -2.26. The van der Waals surface area contributed by atoms with Crippen molar-refractivity contribution in [3.63, 3.8) is 0 Å². The number of nitrogens with one attached hydrogen (secondary N) is 2. The van der Waals surface area contributed by atoms with Crippen LogP contribution in [0.25, 0.3) is 0 Å². The monoisotopic (exact) mass is 369 g/mol. The van der Waals surface area contributed by atoms with Crippen LogP contribution in [0.2, 0.25) is 0 Å². The van der Waals surface area contributed by atoms with Gasteiger partial charge in [-0.25, -0.2) is 8.42 Å². The zero-order valence-electron chi connectivity index (χ0n) is 15.6. The third-order valence-electron chi connectivity index (χ3n) is 4.11. The molecular weight excluding hydrogens is 338 g/mol. The largest absolute Gasteiger partial charge is 0.396 e. The summed E-state index contributed by atoms with van der Waals surface area (Å²) in [6.45, 7) is 5.27. The van der Waals surface area contributed by atoms with Gasteiger partial charge in [0.2, 0.25) is 0 Å². The van der Waals surface area contributed by atoms with Gasteiger partial charge >= 0.3 is 0 Å². The highest BCUT2D eigenvalue weighted by Crippen LogP contribution is 2.19. The van der Waals surface area contributed by atoms with Gasteiger partial charge in [-0.1, -0.05) is 44.2 Å². The molecule has 7 heteroatoms. The lowest BCUT2D eigenvalue weighted by atomic mass is 9.90. The molecule has 1 unspecified atom stereocenters. The first-order chi connectivity index (χ1) is 11.7. The van der Waals surface area contributed by atoms with Gasteiger partial charge in [0, 0.05) is 32.3 Å². The molecule has 0 spiro atoms. The first-order valence-electron chi connectivity index (χ1n) is 8.45. The summed E-state index contributed by atoms with van der Waals surface area (Å²) in [5.74, 6) is 0.800. The zero-order valence-corrected chi connectivity index (χ0v) is 16.4. The smallest absolute Gasteiger partial charge is 0.191 e. The first-order valence-corrected chi connectivity index (χ1v) is 10.5. The molecule has 1 aromatic rings. The number of rotatable bonds is 9. The van der Waals surface area contributed by atoms with Gasteiger partial charge < -0.3 is 15.7 Å². The van der Waals surface area contributed by atoms with Crippen LogP contribution >= 0.6 is 0 Å². The minimum Gasteiger partial charge on any atom is -0.396 e. The van der Waals surface area contributed by atoms with E-state index in [1.807, 2.05) is 44.2 Å². The zero-order chi connectivity index (χ0) is 18.9. The molecule has 0 aliphatic rings. The number of aliphatic imine (C=N–C) groups is 1. The maximum absolute atomic E-state index is 11.3. The lowest BCUT2D eigenvalue weighted by Crippen LogP contribution is -2.44. The molecule has 142 valence electrons. The summed E-state index contributed by atoms with van der Waals surface area (Å²) in [7, 11) is -1.27. The SMILES string of the molecule is CN=C(NCC(CO)c1ccccc1)NCC(C)(C)CCS(C)(=O)=O. The summed E-state index contributed by atoms with van der Waals surface area (Å²) in [6.07, 6.45) is 1.84. The fourth-order valence-corrected chi connectivity index (χ4v) is 3.25. The third-order valence-corrected chi connectivity index (χ3v) is 5.06. The summed E-state index contributed by atoms with van der Waals surface area (Å²) in [5, 5.41) is 16.1. The van der Waals surface area contributed by atoms with Gasteiger partial charge in [-0.2, -0.15) is 0 Å². The molecular formula is C18H31N3O3S. The number of nitrogens with zero attached hydrogens (tertiary/aromatic N) is 1. The number of aliphatic hydroxyl groups is 1. The van der Waals surface area contributed by atoms with E-state index < -0.39 is 9.84 Å². The Morgan fingerprint density at radius 2 is 1.88 bits per heavy atom. The molecule has 0 fully saturated rings. The normalized spacial score (nSPS) is 14.2. The molecule has 1 aromatic carbocycles. The maximum Gasteiger partial charge on any atom is 0.191 e. The Labute approximate surface area is 151 Å². The summed E-state index contributed by atoms with van der Waals surface area (Å²) < 4.78 is 22.7. The van der Waals surface area contributed by atoms with Crippen molar-refractivity contribution in [2.24, 2.45) is 10.4 Å². The van der Waals surface area contributed by atoms with Crippen molar-refractivity contribution in [3.8, 4) is 0 Å². The third kappa shape index (κ3) is 8.88. The molecule has 0 aliphatic heterocycles. The summed E-state index contributed by atoms with van der Waals surface area (Å²) in [6, 6.07) is 9.84. The average Bonchev–Trinajstić information content (AvgIpc) is 2.57. The molecule has 0 amide bonds. The van der Waals surface area contributed by atoms with Crippen molar-refractivity contribution in [1.29, 1.82) is 0 Å². The number of benzene rings is 1. The molecule has 25 heavy (non-hydrogen) atoms. The van der Waals surface area contributed by atoms with E-state index in [-0.39, 0.29) is 23.7 Å². The molecule has 0 saturated carbocycles. The van der Waals surface area contributed by atoms with Gasteiger partial charge in [0.05, 0.1) is 12.4 Å². The van der Waals surface area contributed by atoms with Gasteiger partial charge in [0.15, 0.2) is 5.96 Å². The Bertz CT molecular complexity index is 643. The van der Waals surface area contributed by atoms with E-state index in [0.29, 0.717) is 25.5 Å². The fraction of sp³-hybridized carbons (Fsp3) is 0.611. The summed E-state index contributed by atoms with van der Waals surface area (Å²) >= 11 is 0. The Hall–Kier alpha value is -1.60. The van der Waals surface area contributed by atoms with Crippen LogP contribution < -0.4 is 10.6 Å².